The summed E-state index contributed by atoms with van der Waals surface area (Å²) in [6.07, 6.45) is 1.58. The fourth-order valence-corrected chi connectivity index (χ4v) is 2.71. The van der Waals surface area contributed by atoms with E-state index in [0.717, 1.165) is 18.5 Å². The Bertz CT molecular complexity index is 446. The highest BCUT2D eigenvalue weighted by atomic mass is 19.3. The van der Waals surface area contributed by atoms with Gasteiger partial charge in [-0.3, -0.25) is 0 Å². The monoisotopic (exact) mass is 285 g/mol. The minimum atomic E-state index is -2.51. The molecule has 0 bridgehead atoms. The Morgan fingerprint density at radius 3 is 2.60 bits per heavy atom. The summed E-state index contributed by atoms with van der Waals surface area (Å²) in [5.41, 5.74) is 0.759. The molecule has 112 valence electrons. The van der Waals surface area contributed by atoms with E-state index in [2.05, 4.69) is 5.32 Å². The molecule has 3 nitrogen and oxygen atoms in total. The predicted octanol–water partition coefficient (Wildman–Crippen LogP) is 3.33. The first-order valence-electron chi connectivity index (χ1n) is 6.92. The van der Waals surface area contributed by atoms with Gasteiger partial charge in [-0.2, -0.15) is 0 Å². The summed E-state index contributed by atoms with van der Waals surface area (Å²) in [7, 11) is 3.01. The number of benzene rings is 1. The van der Waals surface area contributed by atoms with Crippen LogP contribution in [0.25, 0.3) is 0 Å². The molecule has 1 fully saturated rings. The van der Waals surface area contributed by atoms with Crippen LogP contribution in [0.1, 0.15) is 36.8 Å². The van der Waals surface area contributed by atoms with Crippen LogP contribution in [-0.4, -0.2) is 26.8 Å². The summed E-state index contributed by atoms with van der Waals surface area (Å²) >= 11 is 0. The molecule has 1 N–H and O–H groups in total. The molecule has 1 atom stereocenters. The number of halogens is 2. The first-order valence-corrected chi connectivity index (χ1v) is 6.92. The highest BCUT2D eigenvalue weighted by Gasteiger charge is 2.20. The molecule has 0 saturated carbocycles. The SMILES string of the molecule is COc1cc(C(F)F)cc(CC2CCCCN2)c1OC. The fraction of sp³-hybridized carbons (Fsp3) is 0.600. The van der Waals surface area contributed by atoms with Gasteiger partial charge in [-0.15, -0.1) is 0 Å². The van der Waals surface area contributed by atoms with E-state index in [0.29, 0.717) is 24.0 Å². The van der Waals surface area contributed by atoms with E-state index in [9.17, 15) is 8.78 Å². The van der Waals surface area contributed by atoms with Crippen molar-refractivity contribution in [2.75, 3.05) is 20.8 Å². The largest absolute Gasteiger partial charge is 0.493 e. The van der Waals surface area contributed by atoms with Crippen LogP contribution in [0.4, 0.5) is 8.78 Å². The Morgan fingerprint density at radius 1 is 1.25 bits per heavy atom. The van der Waals surface area contributed by atoms with E-state index >= 15 is 0 Å². The molecule has 1 aliphatic heterocycles. The number of methoxy groups -OCH3 is 2. The standard InChI is InChI=1S/C15H21F2NO2/c1-19-13-9-11(15(16)17)7-10(14(13)20-2)8-12-5-3-4-6-18-12/h7,9,12,15,18H,3-6,8H2,1-2H3. The van der Waals surface area contributed by atoms with Crippen molar-refractivity contribution in [2.45, 2.75) is 38.2 Å². The molecule has 1 aliphatic rings. The van der Waals surface area contributed by atoms with Crippen molar-refractivity contribution < 1.29 is 18.3 Å². The van der Waals surface area contributed by atoms with E-state index in [-0.39, 0.29) is 5.56 Å². The van der Waals surface area contributed by atoms with Crippen LogP contribution in [0, 0.1) is 0 Å². The molecule has 0 aromatic heterocycles. The molecule has 1 saturated heterocycles. The summed E-state index contributed by atoms with van der Waals surface area (Å²) in [6, 6.07) is 3.19. The molecule has 0 radical (unpaired) electrons. The lowest BCUT2D eigenvalue weighted by atomic mass is 9.96. The Balaban J connectivity index is 2.29. The topological polar surface area (TPSA) is 30.5 Å². The van der Waals surface area contributed by atoms with Crippen LogP contribution in [0.2, 0.25) is 0 Å². The molecule has 1 aromatic carbocycles. The number of hydrogen-bond donors (Lipinski definition) is 1. The summed E-state index contributed by atoms with van der Waals surface area (Å²) in [4.78, 5) is 0. The minimum absolute atomic E-state index is 0.0199. The van der Waals surface area contributed by atoms with Gasteiger partial charge in [-0.05, 0) is 37.9 Å². The normalized spacial score (nSPS) is 19.1. The summed E-state index contributed by atoms with van der Waals surface area (Å²) < 4.78 is 36.5. The smallest absolute Gasteiger partial charge is 0.263 e. The lowest BCUT2D eigenvalue weighted by Crippen LogP contribution is -2.35. The van der Waals surface area contributed by atoms with Gasteiger partial charge in [0, 0.05) is 17.2 Å². The van der Waals surface area contributed by atoms with Crippen molar-refractivity contribution in [3.63, 3.8) is 0 Å². The molecular weight excluding hydrogens is 264 g/mol. The second-order valence-electron chi connectivity index (χ2n) is 5.07. The number of hydrogen-bond acceptors (Lipinski definition) is 3. The highest BCUT2D eigenvalue weighted by molar-refractivity contribution is 5.50. The molecule has 2 rings (SSSR count). The molecular formula is C15H21F2NO2. The van der Waals surface area contributed by atoms with E-state index in [1.54, 1.807) is 0 Å². The first kappa shape index (κ1) is 15.0. The van der Waals surface area contributed by atoms with Crippen molar-refractivity contribution in [3.05, 3.63) is 23.3 Å². The predicted molar refractivity (Wildman–Crippen MR) is 73.8 cm³/mol. The maximum absolute atomic E-state index is 13.0. The molecule has 0 amide bonds. The van der Waals surface area contributed by atoms with Crippen molar-refractivity contribution in [1.82, 2.24) is 5.32 Å². The molecule has 0 aliphatic carbocycles. The molecule has 0 spiro atoms. The van der Waals surface area contributed by atoms with Crippen molar-refractivity contribution in [1.29, 1.82) is 0 Å². The maximum atomic E-state index is 13.0. The van der Waals surface area contributed by atoms with Crippen LogP contribution in [0.5, 0.6) is 11.5 Å². The van der Waals surface area contributed by atoms with E-state index in [4.69, 9.17) is 9.47 Å². The summed E-state index contributed by atoms with van der Waals surface area (Å²) in [5.74, 6) is 0.931. The fourth-order valence-electron chi connectivity index (χ4n) is 2.71. The van der Waals surface area contributed by atoms with Gasteiger partial charge >= 0.3 is 0 Å². The van der Waals surface area contributed by atoms with Gasteiger partial charge in [0.1, 0.15) is 0 Å². The first-order chi connectivity index (χ1) is 9.65. The zero-order chi connectivity index (χ0) is 14.5. The van der Waals surface area contributed by atoms with Crippen LogP contribution in [0.15, 0.2) is 12.1 Å². The Morgan fingerprint density at radius 2 is 2.05 bits per heavy atom. The van der Waals surface area contributed by atoms with E-state index in [1.807, 2.05) is 0 Å². The van der Waals surface area contributed by atoms with Gasteiger partial charge in [0.05, 0.1) is 14.2 Å². The number of alkyl halides is 2. The third kappa shape index (κ3) is 3.39. The Kier molecular flexibility index (Phi) is 5.17. The van der Waals surface area contributed by atoms with Gasteiger partial charge in [0.25, 0.3) is 6.43 Å². The van der Waals surface area contributed by atoms with E-state index < -0.39 is 6.43 Å². The van der Waals surface area contributed by atoms with Crippen LogP contribution in [-0.2, 0) is 6.42 Å². The number of piperidine rings is 1. The molecule has 1 heterocycles. The summed E-state index contributed by atoms with van der Waals surface area (Å²) in [5, 5.41) is 3.42. The quantitative estimate of drug-likeness (QED) is 0.900. The summed E-state index contributed by atoms with van der Waals surface area (Å²) in [6.45, 7) is 0.985. The second-order valence-corrected chi connectivity index (χ2v) is 5.07. The van der Waals surface area contributed by atoms with Crippen molar-refractivity contribution in [2.24, 2.45) is 0 Å². The van der Waals surface area contributed by atoms with Gasteiger partial charge in [0.15, 0.2) is 11.5 Å². The lowest BCUT2D eigenvalue weighted by Gasteiger charge is -2.25. The third-order valence-corrected chi connectivity index (χ3v) is 3.71. The van der Waals surface area contributed by atoms with Crippen molar-refractivity contribution in [3.8, 4) is 11.5 Å². The molecule has 1 unspecified atom stereocenters. The number of nitrogens with one attached hydrogen (secondary N) is 1. The molecule has 1 aromatic rings. The Labute approximate surface area is 118 Å². The Hall–Kier alpha value is -1.36. The van der Waals surface area contributed by atoms with E-state index in [1.165, 1.54) is 39.2 Å². The third-order valence-electron chi connectivity index (χ3n) is 3.71. The van der Waals surface area contributed by atoms with Gasteiger partial charge in [-0.1, -0.05) is 6.42 Å². The van der Waals surface area contributed by atoms with Crippen LogP contribution < -0.4 is 14.8 Å². The molecule has 5 heteroatoms. The van der Waals surface area contributed by atoms with Gasteiger partial charge in [-0.25, -0.2) is 8.78 Å². The zero-order valence-electron chi connectivity index (χ0n) is 11.9. The van der Waals surface area contributed by atoms with Gasteiger partial charge in [0.2, 0.25) is 0 Å². The zero-order valence-corrected chi connectivity index (χ0v) is 11.9. The van der Waals surface area contributed by atoms with Crippen LogP contribution >= 0.6 is 0 Å². The lowest BCUT2D eigenvalue weighted by molar-refractivity contribution is 0.150. The number of rotatable bonds is 5. The maximum Gasteiger partial charge on any atom is 0.263 e. The average molecular weight is 285 g/mol. The molecule has 20 heavy (non-hydrogen) atoms. The van der Waals surface area contributed by atoms with Crippen molar-refractivity contribution >= 4 is 0 Å². The number of ether oxygens (including phenoxy) is 2. The minimum Gasteiger partial charge on any atom is -0.493 e. The van der Waals surface area contributed by atoms with Gasteiger partial charge < -0.3 is 14.8 Å². The highest BCUT2D eigenvalue weighted by Crippen LogP contribution is 2.36. The second kappa shape index (κ2) is 6.88. The van der Waals surface area contributed by atoms with Crippen LogP contribution in [0.3, 0.4) is 0 Å². The average Bonchev–Trinajstić information content (AvgIpc) is 2.47.